The van der Waals surface area contributed by atoms with Crippen LogP contribution in [0.2, 0.25) is 0 Å². The zero-order valence-electron chi connectivity index (χ0n) is 10.1. The predicted molar refractivity (Wildman–Crippen MR) is 68.9 cm³/mol. The molecule has 0 amide bonds. The fourth-order valence-corrected chi connectivity index (χ4v) is 1.79. The lowest BCUT2D eigenvalue weighted by molar-refractivity contribution is 0.0402. The summed E-state index contributed by atoms with van der Waals surface area (Å²) in [7, 11) is 1.74. The Morgan fingerprint density at radius 2 is 2.12 bits per heavy atom. The minimum absolute atomic E-state index is 0.366. The van der Waals surface area contributed by atoms with Crippen LogP contribution in [0.25, 0.3) is 0 Å². The van der Waals surface area contributed by atoms with Gasteiger partial charge in [0, 0.05) is 19.3 Å². The van der Waals surface area contributed by atoms with Crippen molar-refractivity contribution in [3.63, 3.8) is 0 Å². The van der Waals surface area contributed by atoms with E-state index in [2.05, 4.69) is 11.6 Å². The van der Waals surface area contributed by atoms with Crippen LogP contribution in [0.3, 0.4) is 0 Å². The summed E-state index contributed by atoms with van der Waals surface area (Å²) in [4.78, 5) is 3.86. The molecule has 1 saturated carbocycles. The number of hydrogen-bond acceptors (Lipinski definition) is 3. The fourth-order valence-electron chi connectivity index (χ4n) is 1.79. The van der Waals surface area contributed by atoms with E-state index in [9.17, 15) is 0 Å². The highest BCUT2D eigenvalue weighted by Crippen LogP contribution is 2.20. The quantitative estimate of drug-likeness (QED) is 0.572. The van der Waals surface area contributed by atoms with Crippen LogP contribution >= 0.6 is 0 Å². The van der Waals surface area contributed by atoms with Crippen molar-refractivity contribution < 1.29 is 4.74 Å². The van der Waals surface area contributed by atoms with Gasteiger partial charge in [0.05, 0.1) is 12.7 Å². The van der Waals surface area contributed by atoms with Gasteiger partial charge >= 0.3 is 0 Å². The molecule has 0 aromatic carbocycles. The standard InChI is InChI=1S/C13H22N2O/c1-11(4-3-9-15-2)10-16-13-7-5-12(14)6-8-13/h3-4,9,12-13H,1,5-8,10,14H2,2H3/b4-3-,15-9?. The summed E-state index contributed by atoms with van der Waals surface area (Å²) in [5, 5.41) is 0. The first kappa shape index (κ1) is 13.1. The van der Waals surface area contributed by atoms with Gasteiger partial charge in [0.15, 0.2) is 0 Å². The van der Waals surface area contributed by atoms with Gasteiger partial charge in [0.2, 0.25) is 0 Å². The Hall–Kier alpha value is -0.930. The van der Waals surface area contributed by atoms with E-state index in [1.165, 1.54) is 0 Å². The van der Waals surface area contributed by atoms with Crippen molar-refractivity contribution in [2.45, 2.75) is 37.8 Å². The molecule has 90 valence electrons. The number of aliphatic imine (C=N–C) groups is 1. The smallest absolute Gasteiger partial charge is 0.0714 e. The Morgan fingerprint density at radius 3 is 2.75 bits per heavy atom. The minimum atomic E-state index is 0.366. The van der Waals surface area contributed by atoms with Crippen molar-refractivity contribution in [1.29, 1.82) is 0 Å². The summed E-state index contributed by atoms with van der Waals surface area (Å²) in [5.41, 5.74) is 6.82. The van der Waals surface area contributed by atoms with Gasteiger partial charge in [-0.2, -0.15) is 0 Å². The van der Waals surface area contributed by atoms with Crippen molar-refractivity contribution in [3.8, 4) is 0 Å². The van der Waals surface area contributed by atoms with Gasteiger partial charge in [-0.15, -0.1) is 0 Å². The zero-order valence-corrected chi connectivity index (χ0v) is 10.1. The molecule has 0 heterocycles. The van der Waals surface area contributed by atoms with E-state index >= 15 is 0 Å². The highest BCUT2D eigenvalue weighted by Gasteiger charge is 2.18. The van der Waals surface area contributed by atoms with Crippen molar-refractivity contribution in [1.82, 2.24) is 0 Å². The van der Waals surface area contributed by atoms with E-state index in [0.29, 0.717) is 18.8 Å². The van der Waals surface area contributed by atoms with Gasteiger partial charge in [0.1, 0.15) is 0 Å². The molecule has 1 aliphatic carbocycles. The molecule has 1 fully saturated rings. The summed E-state index contributed by atoms with van der Waals surface area (Å²) >= 11 is 0. The molecule has 0 spiro atoms. The summed E-state index contributed by atoms with van der Waals surface area (Å²) in [5.74, 6) is 0. The number of allylic oxidation sites excluding steroid dienone is 1. The monoisotopic (exact) mass is 222 g/mol. The molecule has 0 bridgehead atoms. The molecule has 3 heteroatoms. The molecule has 0 radical (unpaired) electrons. The highest BCUT2D eigenvalue weighted by atomic mass is 16.5. The van der Waals surface area contributed by atoms with E-state index in [1.54, 1.807) is 13.3 Å². The minimum Gasteiger partial charge on any atom is -0.374 e. The van der Waals surface area contributed by atoms with Gasteiger partial charge in [0.25, 0.3) is 0 Å². The maximum Gasteiger partial charge on any atom is 0.0714 e. The fraction of sp³-hybridized carbons (Fsp3) is 0.615. The first-order chi connectivity index (χ1) is 7.72. The first-order valence-corrected chi connectivity index (χ1v) is 5.86. The van der Waals surface area contributed by atoms with E-state index in [1.807, 2.05) is 12.2 Å². The third kappa shape index (κ3) is 5.24. The second kappa shape index (κ2) is 7.36. The third-order valence-electron chi connectivity index (χ3n) is 2.79. The Morgan fingerprint density at radius 1 is 1.44 bits per heavy atom. The van der Waals surface area contributed by atoms with E-state index in [-0.39, 0.29) is 0 Å². The Bertz CT molecular complexity index is 263. The lowest BCUT2D eigenvalue weighted by atomic mass is 9.94. The Balaban J connectivity index is 2.16. The van der Waals surface area contributed by atoms with Crippen LogP contribution in [0.15, 0.2) is 29.3 Å². The molecule has 1 aliphatic rings. The molecule has 0 saturated heterocycles. The molecular formula is C13H22N2O. The number of hydrogen-bond donors (Lipinski definition) is 1. The molecule has 0 aromatic heterocycles. The molecule has 1 rings (SSSR count). The molecule has 0 atom stereocenters. The number of rotatable bonds is 5. The molecule has 3 nitrogen and oxygen atoms in total. The van der Waals surface area contributed by atoms with E-state index < -0.39 is 0 Å². The molecule has 0 aliphatic heterocycles. The molecule has 16 heavy (non-hydrogen) atoms. The van der Waals surface area contributed by atoms with Crippen molar-refractivity contribution in [2.24, 2.45) is 10.7 Å². The van der Waals surface area contributed by atoms with Gasteiger partial charge in [-0.3, -0.25) is 4.99 Å². The van der Waals surface area contributed by atoms with Crippen LogP contribution in [-0.2, 0) is 4.74 Å². The second-order valence-corrected chi connectivity index (χ2v) is 4.27. The van der Waals surface area contributed by atoms with Crippen LogP contribution in [0, 0.1) is 0 Å². The maximum atomic E-state index is 5.84. The topological polar surface area (TPSA) is 47.6 Å². The molecule has 0 aromatic rings. The maximum absolute atomic E-state index is 5.84. The first-order valence-electron chi connectivity index (χ1n) is 5.86. The van der Waals surface area contributed by atoms with Crippen molar-refractivity contribution in [2.75, 3.05) is 13.7 Å². The number of nitrogens with two attached hydrogens (primary N) is 1. The van der Waals surface area contributed by atoms with Crippen LogP contribution in [-0.4, -0.2) is 32.0 Å². The highest BCUT2D eigenvalue weighted by molar-refractivity contribution is 5.71. The lowest BCUT2D eigenvalue weighted by Crippen LogP contribution is -2.30. The summed E-state index contributed by atoms with van der Waals surface area (Å²) < 4.78 is 5.77. The molecule has 0 unspecified atom stereocenters. The lowest BCUT2D eigenvalue weighted by Gasteiger charge is -2.26. The average Bonchev–Trinajstić information content (AvgIpc) is 2.29. The normalized spacial score (nSPS) is 26.6. The zero-order chi connectivity index (χ0) is 11.8. The van der Waals surface area contributed by atoms with Gasteiger partial charge in [-0.25, -0.2) is 0 Å². The summed E-state index contributed by atoms with van der Waals surface area (Å²) in [6.07, 6.45) is 10.2. The van der Waals surface area contributed by atoms with E-state index in [4.69, 9.17) is 10.5 Å². The van der Waals surface area contributed by atoms with E-state index in [0.717, 1.165) is 31.3 Å². The number of ether oxygens (including phenoxy) is 1. The average molecular weight is 222 g/mol. The van der Waals surface area contributed by atoms with Crippen molar-refractivity contribution in [3.05, 3.63) is 24.3 Å². The summed E-state index contributed by atoms with van der Waals surface area (Å²) in [6.45, 7) is 4.53. The second-order valence-electron chi connectivity index (χ2n) is 4.27. The predicted octanol–water partition coefficient (Wildman–Crippen LogP) is 2.09. The van der Waals surface area contributed by atoms with Crippen LogP contribution in [0.1, 0.15) is 25.7 Å². The van der Waals surface area contributed by atoms with Gasteiger partial charge < -0.3 is 10.5 Å². The number of nitrogens with zero attached hydrogens (tertiary/aromatic N) is 1. The third-order valence-corrected chi connectivity index (χ3v) is 2.79. The largest absolute Gasteiger partial charge is 0.374 e. The van der Waals surface area contributed by atoms with Crippen LogP contribution < -0.4 is 5.73 Å². The van der Waals surface area contributed by atoms with Gasteiger partial charge in [-0.05, 0) is 37.3 Å². The Kier molecular flexibility index (Phi) is 6.04. The SMILES string of the molecule is C=C(/C=C\C=NC)COC1CCC(N)CC1. The summed E-state index contributed by atoms with van der Waals surface area (Å²) in [6, 6.07) is 0.378. The Labute approximate surface area is 98.1 Å². The molecule has 2 N–H and O–H groups in total. The van der Waals surface area contributed by atoms with Gasteiger partial charge in [-0.1, -0.05) is 12.7 Å². The van der Waals surface area contributed by atoms with Crippen LogP contribution in [0.4, 0.5) is 0 Å². The van der Waals surface area contributed by atoms with Crippen molar-refractivity contribution >= 4 is 6.21 Å². The molecular weight excluding hydrogens is 200 g/mol. The van der Waals surface area contributed by atoms with Crippen LogP contribution in [0.5, 0.6) is 0 Å².